The molecule has 150 valence electrons. The molecule has 0 unspecified atom stereocenters. The average Bonchev–Trinajstić information content (AvgIpc) is 2.90. The number of hydrogen-bond acceptors (Lipinski definition) is 5. The molecule has 0 saturated heterocycles. The molecule has 0 saturated carbocycles. The molecule has 2 N–H and O–H groups in total. The van der Waals surface area contributed by atoms with Crippen LogP contribution in [0.3, 0.4) is 0 Å². The highest BCUT2D eigenvalue weighted by Crippen LogP contribution is 2.22. The number of nitrogens with one attached hydrogen (secondary N) is 2. The first-order valence-corrected chi connectivity index (χ1v) is 9.33. The van der Waals surface area contributed by atoms with Crippen LogP contribution in [0.15, 0.2) is 30.3 Å². The Hall–Kier alpha value is -2.87. The zero-order valence-electron chi connectivity index (χ0n) is 16.1. The van der Waals surface area contributed by atoms with Gasteiger partial charge in [-0.3, -0.25) is 19.6 Å². The second kappa shape index (κ2) is 9.89. The number of hydrogen-bond donors (Lipinski definition) is 2. The lowest BCUT2D eigenvalue weighted by Crippen LogP contribution is -2.27. The Kier molecular flexibility index (Phi) is 7.57. The number of amides is 1. The number of nitro groups is 1. The Morgan fingerprint density at radius 2 is 2.00 bits per heavy atom. The van der Waals surface area contributed by atoms with E-state index in [0.29, 0.717) is 30.7 Å². The summed E-state index contributed by atoms with van der Waals surface area (Å²) >= 11 is 6.35. The third kappa shape index (κ3) is 6.09. The summed E-state index contributed by atoms with van der Waals surface area (Å²) in [7, 11) is 0. The molecule has 1 amide bonds. The lowest BCUT2D eigenvalue weighted by Gasteiger charge is -2.06. The largest absolute Gasteiger partial charge is 0.383 e. The van der Waals surface area contributed by atoms with Crippen molar-refractivity contribution in [1.82, 2.24) is 15.1 Å². The molecule has 2 aromatic rings. The zero-order valence-corrected chi connectivity index (χ0v) is 16.9. The van der Waals surface area contributed by atoms with Crippen molar-refractivity contribution >= 4 is 35.0 Å². The minimum Gasteiger partial charge on any atom is -0.383 e. The molecule has 8 nitrogen and oxygen atoms in total. The molecule has 0 atom stereocenters. The molecule has 0 bridgehead atoms. The fourth-order valence-electron chi connectivity index (χ4n) is 2.53. The van der Waals surface area contributed by atoms with E-state index in [1.807, 2.05) is 6.92 Å². The van der Waals surface area contributed by atoms with Gasteiger partial charge in [0.15, 0.2) is 0 Å². The number of aromatic nitrogens is 2. The highest BCUT2D eigenvalue weighted by atomic mass is 35.5. The topological polar surface area (TPSA) is 102 Å². The predicted molar refractivity (Wildman–Crippen MR) is 110 cm³/mol. The number of nitro benzene ring substituents is 1. The number of carbonyl (C=O) groups excluding carboxylic acids is 1. The average molecular weight is 406 g/mol. The molecular formula is C19H24ClN5O3. The molecule has 9 heteroatoms. The first-order valence-electron chi connectivity index (χ1n) is 8.95. The van der Waals surface area contributed by atoms with Gasteiger partial charge in [0.2, 0.25) is 5.91 Å². The van der Waals surface area contributed by atoms with Crippen LogP contribution in [0.2, 0.25) is 5.15 Å². The van der Waals surface area contributed by atoms with Gasteiger partial charge < -0.3 is 10.6 Å². The van der Waals surface area contributed by atoms with Crippen molar-refractivity contribution in [2.24, 2.45) is 5.92 Å². The summed E-state index contributed by atoms with van der Waals surface area (Å²) in [6, 6.07) is 6.10. The van der Waals surface area contributed by atoms with Gasteiger partial charge in [-0.2, -0.15) is 5.10 Å². The molecule has 0 aliphatic carbocycles. The van der Waals surface area contributed by atoms with E-state index in [0.717, 1.165) is 16.9 Å². The molecule has 1 aromatic heterocycles. The van der Waals surface area contributed by atoms with Crippen LogP contribution in [0.25, 0.3) is 6.08 Å². The highest BCUT2D eigenvalue weighted by molar-refractivity contribution is 6.31. The fraction of sp³-hybridized carbons (Fsp3) is 0.368. The van der Waals surface area contributed by atoms with Crippen LogP contribution in [-0.2, 0) is 11.3 Å². The van der Waals surface area contributed by atoms with E-state index >= 15 is 0 Å². The highest BCUT2D eigenvalue weighted by Gasteiger charge is 2.12. The summed E-state index contributed by atoms with van der Waals surface area (Å²) in [5.41, 5.74) is 2.29. The Bertz CT molecular complexity index is 859. The van der Waals surface area contributed by atoms with Crippen LogP contribution in [-0.4, -0.2) is 33.7 Å². The van der Waals surface area contributed by atoms with Crippen molar-refractivity contribution in [1.29, 1.82) is 0 Å². The molecule has 0 fully saturated rings. The fourth-order valence-corrected chi connectivity index (χ4v) is 2.84. The summed E-state index contributed by atoms with van der Waals surface area (Å²) < 4.78 is 1.74. The molecule has 0 aliphatic rings. The number of aryl methyl sites for hydroxylation is 1. The van der Waals surface area contributed by atoms with Crippen LogP contribution in [0.4, 0.5) is 11.4 Å². The van der Waals surface area contributed by atoms with Gasteiger partial charge in [0.05, 0.1) is 10.6 Å². The number of non-ortho nitro benzene ring substituents is 1. The maximum absolute atomic E-state index is 12.0. The second-order valence-electron chi connectivity index (χ2n) is 6.72. The molecule has 28 heavy (non-hydrogen) atoms. The van der Waals surface area contributed by atoms with E-state index < -0.39 is 4.92 Å². The minimum atomic E-state index is -0.448. The molecule has 0 spiro atoms. The van der Waals surface area contributed by atoms with Crippen molar-refractivity contribution in [2.45, 2.75) is 27.3 Å². The summed E-state index contributed by atoms with van der Waals surface area (Å²) in [6.07, 6.45) is 3.10. The molecule has 1 heterocycles. The number of anilines is 1. The Balaban J connectivity index is 1.81. The van der Waals surface area contributed by atoms with E-state index in [4.69, 9.17) is 11.6 Å². The quantitative estimate of drug-likeness (QED) is 0.287. The predicted octanol–water partition coefficient (Wildman–Crippen LogP) is 3.65. The third-order valence-electron chi connectivity index (χ3n) is 3.88. The first-order chi connectivity index (χ1) is 13.3. The van der Waals surface area contributed by atoms with Gasteiger partial charge in [-0.15, -0.1) is 0 Å². The van der Waals surface area contributed by atoms with Gasteiger partial charge in [0.1, 0.15) is 5.15 Å². The van der Waals surface area contributed by atoms with Crippen molar-refractivity contribution in [2.75, 3.05) is 18.4 Å². The summed E-state index contributed by atoms with van der Waals surface area (Å²) in [6.45, 7) is 7.63. The van der Waals surface area contributed by atoms with E-state index in [9.17, 15) is 14.9 Å². The van der Waals surface area contributed by atoms with Crippen LogP contribution in [0.1, 0.15) is 25.1 Å². The van der Waals surface area contributed by atoms with Gasteiger partial charge >= 0.3 is 0 Å². The van der Waals surface area contributed by atoms with Crippen molar-refractivity contribution in [3.05, 3.63) is 56.9 Å². The van der Waals surface area contributed by atoms with Gasteiger partial charge in [0, 0.05) is 49.1 Å². The van der Waals surface area contributed by atoms with E-state index in [1.165, 1.54) is 18.2 Å². The molecule has 0 radical (unpaired) electrons. The lowest BCUT2D eigenvalue weighted by atomic mass is 10.2. The Morgan fingerprint density at radius 1 is 1.32 bits per heavy atom. The van der Waals surface area contributed by atoms with Gasteiger partial charge in [-0.05, 0) is 31.1 Å². The normalized spacial score (nSPS) is 11.2. The van der Waals surface area contributed by atoms with E-state index in [1.54, 1.807) is 22.9 Å². The summed E-state index contributed by atoms with van der Waals surface area (Å²) in [5, 5.41) is 21.4. The molecular weight excluding hydrogens is 382 g/mol. The molecule has 2 rings (SSSR count). The standard InChI is InChI=1S/C19H24ClN5O3/c1-13(2)12-24-19(20)17(14(3)23-24)8-9-18(26)22-11-10-21-15-4-6-16(7-5-15)25(27)28/h4-9,13,21H,10-12H2,1-3H3,(H,22,26)/b9-8+. The van der Waals surface area contributed by atoms with E-state index in [2.05, 4.69) is 29.6 Å². The van der Waals surface area contributed by atoms with Gasteiger partial charge in [-0.25, -0.2) is 0 Å². The van der Waals surface area contributed by atoms with Crippen LogP contribution in [0.5, 0.6) is 0 Å². The van der Waals surface area contributed by atoms with E-state index in [-0.39, 0.29) is 11.6 Å². The third-order valence-corrected chi connectivity index (χ3v) is 4.28. The summed E-state index contributed by atoms with van der Waals surface area (Å²) in [5.74, 6) is 0.178. The van der Waals surface area contributed by atoms with Crippen LogP contribution in [0, 0.1) is 23.0 Å². The number of benzene rings is 1. The van der Waals surface area contributed by atoms with Gasteiger partial charge in [0.25, 0.3) is 5.69 Å². The maximum atomic E-state index is 12.0. The molecule has 1 aromatic carbocycles. The van der Waals surface area contributed by atoms with Crippen molar-refractivity contribution < 1.29 is 9.72 Å². The summed E-state index contributed by atoms with van der Waals surface area (Å²) in [4.78, 5) is 22.2. The van der Waals surface area contributed by atoms with Crippen LogP contribution < -0.4 is 10.6 Å². The lowest BCUT2D eigenvalue weighted by molar-refractivity contribution is -0.384. The SMILES string of the molecule is Cc1nn(CC(C)C)c(Cl)c1/C=C/C(=O)NCCNc1ccc([N+](=O)[O-])cc1. The smallest absolute Gasteiger partial charge is 0.269 e. The Labute approximate surface area is 168 Å². The van der Waals surface area contributed by atoms with Crippen molar-refractivity contribution in [3.63, 3.8) is 0 Å². The Morgan fingerprint density at radius 3 is 2.61 bits per heavy atom. The minimum absolute atomic E-state index is 0.0367. The number of carbonyl (C=O) groups is 1. The second-order valence-corrected chi connectivity index (χ2v) is 7.08. The monoisotopic (exact) mass is 405 g/mol. The molecule has 0 aliphatic heterocycles. The number of halogens is 1. The first kappa shape index (κ1) is 21.4. The maximum Gasteiger partial charge on any atom is 0.269 e. The number of rotatable bonds is 9. The van der Waals surface area contributed by atoms with Crippen molar-refractivity contribution in [3.8, 4) is 0 Å². The van der Waals surface area contributed by atoms with Gasteiger partial charge in [-0.1, -0.05) is 25.4 Å². The zero-order chi connectivity index (χ0) is 20.7. The number of nitrogens with zero attached hydrogens (tertiary/aromatic N) is 3. The van der Waals surface area contributed by atoms with Crippen LogP contribution >= 0.6 is 11.6 Å².